The van der Waals surface area contributed by atoms with Crippen LogP contribution in [0.15, 0.2) is 12.1 Å². The molecule has 0 radical (unpaired) electrons. The summed E-state index contributed by atoms with van der Waals surface area (Å²) >= 11 is 6.82. The molecule has 0 saturated heterocycles. The Labute approximate surface area is 275 Å². The van der Waals surface area contributed by atoms with E-state index in [1.165, 1.54) is 7.05 Å². The SMILES string of the molecule is Cn1nnc(COc2ccc(Cl)c3c2[C@@]2(CC2C2C4CC5(CC5)CC(=O)C42)N(C(=O)[C@@H]2[C@H](O)CCC[C@]2(C)C(=O)O)CC3)c1C(F)F. The molecule has 1 amide bonds. The number of nitrogens with zero attached hydrogens (tertiary/aromatic N) is 4. The van der Waals surface area contributed by atoms with Crippen molar-refractivity contribution >= 4 is 29.3 Å². The third-order valence-corrected chi connectivity index (χ3v) is 13.1. The van der Waals surface area contributed by atoms with Crippen LogP contribution >= 0.6 is 11.6 Å². The van der Waals surface area contributed by atoms with Crippen molar-refractivity contribution in [3.63, 3.8) is 0 Å². The van der Waals surface area contributed by atoms with Gasteiger partial charge in [0.05, 0.1) is 23.0 Å². The molecule has 2 spiro atoms. The van der Waals surface area contributed by atoms with Crippen LogP contribution in [-0.2, 0) is 40.0 Å². The number of aliphatic hydroxyl groups excluding tert-OH is 1. The second-order valence-corrected chi connectivity index (χ2v) is 15.7. The number of carboxylic acids is 1. The smallest absolute Gasteiger partial charge is 0.310 e. The second kappa shape index (κ2) is 10.4. The van der Waals surface area contributed by atoms with Crippen LogP contribution in [0.5, 0.6) is 5.75 Å². The number of Topliss-reactive ketones (excluding diaryl/α,β-unsaturated/α-hetero) is 1. The number of carbonyl (C=O) groups excluding carboxylic acids is 2. The molecule has 2 heterocycles. The number of hydrogen-bond donors (Lipinski definition) is 2. The zero-order valence-corrected chi connectivity index (χ0v) is 27.2. The van der Waals surface area contributed by atoms with E-state index in [1.807, 2.05) is 0 Å². The van der Waals surface area contributed by atoms with E-state index in [0.717, 1.165) is 29.5 Å². The minimum Gasteiger partial charge on any atom is -0.487 e. The predicted molar refractivity (Wildman–Crippen MR) is 162 cm³/mol. The van der Waals surface area contributed by atoms with Crippen LogP contribution in [0.4, 0.5) is 8.78 Å². The lowest BCUT2D eigenvalue weighted by Gasteiger charge is -2.47. The molecule has 5 aliphatic carbocycles. The van der Waals surface area contributed by atoms with Crippen LogP contribution in [0.3, 0.4) is 0 Å². The molecule has 1 aromatic carbocycles. The summed E-state index contributed by atoms with van der Waals surface area (Å²) < 4.78 is 35.0. The number of aliphatic hydroxyl groups is 1. The molecule has 0 bridgehead atoms. The van der Waals surface area contributed by atoms with Gasteiger partial charge in [-0.05, 0) is 99.2 Å². The number of rotatable bonds is 7. The summed E-state index contributed by atoms with van der Waals surface area (Å²) in [7, 11) is 1.39. The van der Waals surface area contributed by atoms with Crippen LogP contribution < -0.4 is 4.74 Å². The van der Waals surface area contributed by atoms with Crippen LogP contribution in [0, 0.1) is 40.4 Å². The van der Waals surface area contributed by atoms with Crippen molar-refractivity contribution in [1.82, 2.24) is 19.9 Å². The number of benzene rings is 1. The monoisotopic (exact) mass is 672 g/mol. The number of halogens is 3. The summed E-state index contributed by atoms with van der Waals surface area (Å²) in [5.41, 5.74) is -1.13. The van der Waals surface area contributed by atoms with Crippen LogP contribution in [0.2, 0.25) is 5.02 Å². The minimum atomic E-state index is -2.81. The molecule has 252 valence electrons. The number of amides is 1. The van der Waals surface area contributed by atoms with E-state index >= 15 is 0 Å². The fraction of sp³-hybridized carbons (Fsp3) is 0.676. The molecule has 1 aromatic heterocycles. The van der Waals surface area contributed by atoms with Gasteiger partial charge in [0.15, 0.2) is 0 Å². The molecule has 6 aliphatic rings. The van der Waals surface area contributed by atoms with Crippen molar-refractivity contribution in [2.45, 2.75) is 89.4 Å². The number of carboxylic acid groups (broad SMARTS) is 1. The first-order chi connectivity index (χ1) is 22.3. The Kier molecular flexibility index (Phi) is 6.92. The normalized spacial score (nSPS) is 36.3. The average Bonchev–Trinajstić information content (AvgIpc) is 3.97. The van der Waals surface area contributed by atoms with E-state index in [1.54, 1.807) is 24.0 Å². The Hall–Kier alpha value is -3.12. The van der Waals surface area contributed by atoms with Crippen molar-refractivity contribution in [3.8, 4) is 5.75 Å². The first-order valence-corrected chi connectivity index (χ1v) is 17.1. The predicted octanol–water partition coefficient (Wildman–Crippen LogP) is 4.84. The van der Waals surface area contributed by atoms with E-state index in [4.69, 9.17) is 16.3 Å². The quantitative estimate of drug-likeness (QED) is 0.427. The Balaban J connectivity index is 1.21. The largest absolute Gasteiger partial charge is 0.487 e. The number of fused-ring (bicyclic) bond motifs is 3. The van der Waals surface area contributed by atoms with E-state index in [-0.39, 0.29) is 60.0 Å². The lowest BCUT2D eigenvalue weighted by atomic mass is 9.65. The highest BCUT2D eigenvalue weighted by molar-refractivity contribution is 6.31. The summed E-state index contributed by atoms with van der Waals surface area (Å²) in [6.45, 7) is 1.53. The minimum absolute atomic E-state index is 0.00701. The van der Waals surface area contributed by atoms with Gasteiger partial charge in [-0.25, -0.2) is 13.5 Å². The third-order valence-electron chi connectivity index (χ3n) is 12.7. The Morgan fingerprint density at radius 2 is 1.98 bits per heavy atom. The summed E-state index contributed by atoms with van der Waals surface area (Å²) in [4.78, 5) is 42.6. The maximum atomic E-state index is 14.8. The van der Waals surface area contributed by atoms with Crippen molar-refractivity contribution in [2.24, 2.45) is 47.5 Å². The number of aliphatic carboxylic acids is 1. The van der Waals surface area contributed by atoms with Crippen molar-refractivity contribution in [2.75, 3.05) is 6.54 Å². The number of carbonyl (C=O) groups is 3. The van der Waals surface area contributed by atoms with Crippen molar-refractivity contribution in [3.05, 3.63) is 39.7 Å². The molecule has 4 unspecified atom stereocenters. The first kappa shape index (κ1) is 31.2. The Morgan fingerprint density at radius 1 is 1.21 bits per heavy atom. The Morgan fingerprint density at radius 3 is 2.68 bits per heavy atom. The summed E-state index contributed by atoms with van der Waals surface area (Å²) in [5, 5.41) is 29.7. The van der Waals surface area contributed by atoms with Crippen LogP contribution in [0.1, 0.15) is 87.2 Å². The zero-order valence-electron chi connectivity index (χ0n) is 26.4. The number of alkyl halides is 2. The van der Waals surface area contributed by atoms with Gasteiger partial charge in [-0.15, -0.1) is 5.10 Å². The van der Waals surface area contributed by atoms with E-state index in [9.17, 15) is 33.4 Å². The number of aromatic nitrogens is 3. The van der Waals surface area contributed by atoms with E-state index < -0.39 is 41.3 Å². The van der Waals surface area contributed by atoms with Gasteiger partial charge < -0.3 is 19.8 Å². The fourth-order valence-corrected chi connectivity index (χ4v) is 10.4. The van der Waals surface area contributed by atoms with Gasteiger partial charge in [-0.1, -0.05) is 16.8 Å². The van der Waals surface area contributed by atoms with Gasteiger partial charge in [0.2, 0.25) is 5.91 Å². The zero-order chi connectivity index (χ0) is 33.2. The second-order valence-electron chi connectivity index (χ2n) is 15.3. The Bertz CT molecular complexity index is 1700. The lowest BCUT2D eigenvalue weighted by molar-refractivity contribution is -0.170. The van der Waals surface area contributed by atoms with Gasteiger partial charge in [-0.3, -0.25) is 14.4 Å². The molecule has 10 nitrogen and oxygen atoms in total. The molecule has 5 saturated carbocycles. The van der Waals surface area contributed by atoms with Gasteiger partial charge in [0.25, 0.3) is 6.43 Å². The first-order valence-electron chi connectivity index (χ1n) is 16.7. The maximum absolute atomic E-state index is 14.8. The molecule has 1 aliphatic heterocycles. The number of hydrogen-bond acceptors (Lipinski definition) is 7. The van der Waals surface area contributed by atoms with Crippen molar-refractivity contribution in [1.29, 1.82) is 0 Å². The topological polar surface area (TPSA) is 135 Å². The highest BCUT2D eigenvalue weighted by atomic mass is 35.5. The average molecular weight is 673 g/mol. The molecule has 2 aromatic rings. The number of aryl methyl sites for hydroxylation is 1. The van der Waals surface area contributed by atoms with Crippen molar-refractivity contribution < 1.29 is 38.1 Å². The molecular formula is C34H39ClF2N4O6. The van der Waals surface area contributed by atoms with Crippen LogP contribution in [-0.4, -0.2) is 60.4 Å². The van der Waals surface area contributed by atoms with Gasteiger partial charge in [0, 0.05) is 36.5 Å². The van der Waals surface area contributed by atoms with Crippen LogP contribution in [0.25, 0.3) is 0 Å². The summed E-state index contributed by atoms with van der Waals surface area (Å²) in [6.07, 6.45) is 1.83. The molecule has 2 N–H and O–H groups in total. The number of ether oxygens (including phenoxy) is 1. The third kappa shape index (κ3) is 4.52. The summed E-state index contributed by atoms with van der Waals surface area (Å²) in [6, 6.07) is 3.39. The maximum Gasteiger partial charge on any atom is 0.310 e. The van der Waals surface area contributed by atoms with E-state index in [0.29, 0.717) is 54.2 Å². The molecular weight excluding hydrogens is 634 g/mol. The molecule has 13 heteroatoms. The standard InChI is InChI=1S/C34H39ClF2N4O6/c1-32(31(45)46)8-3-4-21(42)27(32)30(44)41-11-7-16-19(35)5-6-23(47-15-20-28(29(36)37)40(2)39-38-20)26(16)34(41)13-18(34)24-17-12-33(9-10-33)14-22(43)25(17)24/h5-6,17-18,21,24-25,27,29,42H,3-4,7-15H2,1-2H3,(H,45,46)/t17?,18?,21-,24?,25?,27+,32+,34+/m1/s1. The van der Waals surface area contributed by atoms with Gasteiger partial charge in [0.1, 0.15) is 29.5 Å². The summed E-state index contributed by atoms with van der Waals surface area (Å²) in [5.74, 6) is -1.84. The highest BCUT2D eigenvalue weighted by Gasteiger charge is 2.76. The molecule has 8 atom stereocenters. The highest BCUT2D eigenvalue weighted by Crippen LogP contribution is 2.76. The molecule has 5 fully saturated rings. The lowest BCUT2D eigenvalue weighted by Crippen LogP contribution is -2.57. The van der Waals surface area contributed by atoms with E-state index in [2.05, 4.69) is 10.3 Å². The fourth-order valence-electron chi connectivity index (χ4n) is 10.1. The molecule has 8 rings (SSSR count). The number of ketones is 1. The van der Waals surface area contributed by atoms with Gasteiger partial charge >= 0.3 is 5.97 Å². The van der Waals surface area contributed by atoms with Gasteiger partial charge in [-0.2, -0.15) is 0 Å². The molecule has 47 heavy (non-hydrogen) atoms.